The van der Waals surface area contributed by atoms with E-state index in [2.05, 4.69) is 22.5 Å². The smallest absolute Gasteiger partial charge is 0.190 e. The van der Waals surface area contributed by atoms with Gasteiger partial charge >= 0.3 is 0 Å². The molecule has 0 radical (unpaired) electrons. The molecule has 1 aliphatic rings. The van der Waals surface area contributed by atoms with Crippen molar-refractivity contribution in [1.29, 1.82) is 0 Å². The number of unbranched alkanes of at least 4 members (excludes halogenated alkanes) is 1. The van der Waals surface area contributed by atoms with Crippen molar-refractivity contribution in [2.75, 3.05) is 33.4 Å². The molecule has 0 aliphatic heterocycles. The summed E-state index contributed by atoms with van der Waals surface area (Å²) in [6, 6.07) is 0. The van der Waals surface area contributed by atoms with Crippen LogP contribution in [0.2, 0.25) is 0 Å². The average Bonchev–Trinajstić information content (AvgIpc) is 2.54. The van der Waals surface area contributed by atoms with Gasteiger partial charge in [0.1, 0.15) is 0 Å². The van der Waals surface area contributed by atoms with E-state index in [-0.39, 0.29) is 0 Å². The zero-order valence-electron chi connectivity index (χ0n) is 14.3. The van der Waals surface area contributed by atoms with Gasteiger partial charge in [-0.1, -0.05) is 26.2 Å². The molecule has 2 N–H and O–H groups in total. The van der Waals surface area contributed by atoms with Crippen LogP contribution in [0.5, 0.6) is 0 Å². The van der Waals surface area contributed by atoms with Gasteiger partial charge < -0.3 is 15.4 Å². The lowest BCUT2D eigenvalue weighted by Gasteiger charge is -2.28. The summed E-state index contributed by atoms with van der Waals surface area (Å²) in [5.41, 5.74) is 0. The lowest BCUT2D eigenvalue weighted by molar-refractivity contribution is 0.143. The predicted molar refractivity (Wildman–Crippen MR) is 90.8 cm³/mol. The number of nitrogens with one attached hydrogen (secondary N) is 2. The zero-order valence-corrected chi connectivity index (χ0v) is 14.3. The summed E-state index contributed by atoms with van der Waals surface area (Å²) in [4.78, 5) is 4.30. The Kier molecular flexibility index (Phi) is 10.3. The minimum Gasteiger partial charge on any atom is -0.382 e. The molecule has 1 rings (SSSR count). The van der Waals surface area contributed by atoms with Gasteiger partial charge in [-0.05, 0) is 44.4 Å². The first-order chi connectivity index (χ1) is 10.3. The quantitative estimate of drug-likeness (QED) is 0.390. The van der Waals surface area contributed by atoms with Gasteiger partial charge in [-0.2, -0.15) is 0 Å². The van der Waals surface area contributed by atoms with Crippen molar-refractivity contribution in [3.05, 3.63) is 0 Å². The molecular formula is C17H35N3O. The van der Waals surface area contributed by atoms with Gasteiger partial charge in [0.2, 0.25) is 0 Å². The SMILES string of the molecule is CCOCCCCNC(=NC)NCC1CCC(CC)CC1. The molecule has 0 heterocycles. The van der Waals surface area contributed by atoms with E-state index in [1.165, 1.54) is 32.1 Å². The number of hydrogen-bond acceptors (Lipinski definition) is 2. The van der Waals surface area contributed by atoms with Crippen molar-refractivity contribution in [2.45, 2.75) is 58.8 Å². The van der Waals surface area contributed by atoms with Crippen LogP contribution in [0.4, 0.5) is 0 Å². The Morgan fingerprint density at radius 2 is 1.76 bits per heavy atom. The lowest BCUT2D eigenvalue weighted by Crippen LogP contribution is -2.40. The van der Waals surface area contributed by atoms with Crippen molar-refractivity contribution in [3.63, 3.8) is 0 Å². The Morgan fingerprint density at radius 1 is 1.05 bits per heavy atom. The van der Waals surface area contributed by atoms with E-state index >= 15 is 0 Å². The van der Waals surface area contributed by atoms with Gasteiger partial charge in [0.05, 0.1) is 0 Å². The van der Waals surface area contributed by atoms with E-state index < -0.39 is 0 Å². The Morgan fingerprint density at radius 3 is 2.38 bits per heavy atom. The van der Waals surface area contributed by atoms with Crippen molar-refractivity contribution < 1.29 is 4.74 Å². The van der Waals surface area contributed by atoms with Gasteiger partial charge in [-0.15, -0.1) is 0 Å². The van der Waals surface area contributed by atoms with Gasteiger partial charge in [-0.3, -0.25) is 4.99 Å². The molecule has 0 bridgehead atoms. The summed E-state index contributed by atoms with van der Waals surface area (Å²) >= 11 is 0. The van der Waals surface area contributed by atoms with Crippen LogP contribution < -0.4 is 10.6 Å². The summed E-state index contributed by atoms with van der Waals surface area (Å²) in [5.74, 6) is 2.75. The summed E-state index contributed by atoms with van der Waals surface area (Å²) in [5, 5.41) is 6.87. The summed E-state index contributed by atoms with van der Waals surface area (Å²) in [7, 11) is 1.85. The molecule has 0 aromatic rings. The third-order valence-corrected chi connectivity index (χ3v) is 4.54. The highest BCUT2D eigenvalue weighted by Gasteiger charge is 2.19. The molecule has 0 aromatic heterocycles. The number of ether oxygens (including phenoxy) is 1. The third kappa shape index (κ3) is 8.30. The second kappa shape index (κ2) is 11.8. The van der Waals surface area contributed by atoms with Gasteiger partial charge in [0.15, 0.2) is 5.96 Å². The maximum absolute atomic E-state index is 5.34. The average molecular weight is 297 g/mol. The molecule has 1 aliphatic carbocycles. The third-order valence-electron chi connectivity index (χ3n) is 4.54. The molecule has 21 heavy (non-hydrogen) atoms. The highest BCUT2D eigenvalue weighted by molar-refractivity contribution is 5.79. The summed E-state index contributed by atoms with van der Waals surface area (Å²) in [6.45, 7) is 8.07. The Bertz CT molecular complexity index is 273. The Balaban J connectivity index is 2.06. The molecule has 0 aromatic carbocycles. The summed E-state index contributed by atoms with van der Waals surface area (Å²) < 4.78 is 5.34. The van der Waals surface area contributed by atoms with Crippen LogP contribution in [0, 0.1) is 11.8 Å². The van der Waals surface area contributed by atoms with E-state index in [0.717, 1.165) is 56.9 Å². The van der Waals surface area contributed by atoms with E-state index in [1.54, 1.807) is 0 Å². The van der Waals surface area contributed by atoms with Crippen LogP contribution in [-0.4, -0.2) is 39.3 Å². The highest BCUT2D eigenvalue weighted by atomic mass is 16.5. The topological polar surface area (TPSA) is 45.6 Å². The van der Waals surface area contributed by atoms with E-state index in [0.29, 0.717) is 0 Å². The fourth-order valence-electron chi connectivity index (χ4n) is 2.99. The Labute approximate surface area is 131 Å². The number of guanidine groups is 1. The standard InChI is InChI=1S/C17H35N3O/c1-4-15-8-10-16(11-9-15)14-20-17(18-3)19-12-6-7-13-21-5-2/h15-16H,4-14H2,1-3H3,(H2,18,19,20). The molecule has 1 saturated carbocycles. The first-order valence-corrected chi connectivity index (χ1v) is 8.82. The van der Waals surface area contributed by atoms with E-state index in [9.17, 15) is 0 Å². The number of rotatable bonds is 9. The van der Waals surface area contributed by atoms with Crippen molar-refractivity contribution >= 4 is 5.96 Å². The fraction of sp³-hybridized carbons (Fsp3) is 0.941. The fourth-order valence-corrected chi connectivity index (χ4v) is 2.99. The molecule has 1 fully saturated rings. The van der Waals surface area contributed by atoms with E-state index in [1.807, 2.05) is 14.0 Å². The van der Waals surface area contributed by atoms with Crippen molar-refractivity contribution in [3.8, 4) is 0 Å². The highest BCUT2D eigenvalue weighted by Crippen LogP contribution is 2.29. The largest absolute Gasteiger partial charge is 0.382 e. The molecule has 4 nitrogen and oxygen atoms in total. The van der Waals surface area contributed by atoms with Gasteiger partial charge in [0.25, 0.3) is 0 Å². The molecular weight excluding hydrogens is 262 g/mol. The molecule has 0 atom stereocenters. The van der Waals surface area contributed by atoms with Crippen LogP contribution in [0.3, 0.4) is 0 Å². The van der Waals surface area contributed by atoms with Gasteiger partial charge in [-0.25, -0.2) is 0 Å². The van der Waals surface area contributed by atoms with Crippen LogP contribution in [0.15, 0.2) is 4.99 Å². The number of nitrogens with zero attached hydrogens (tertiary/aromatic N) is 1. The molecule has 124 valence electrons. The second-order valence-corrected chi connectivity index (χ2v) is 6.08. The van der Waals surface area contributed by atoms with Crippen LogP contribution in [0.25, 0.3) is 0 Å². The van der Waals surface area contributed by atoms with Crippen LogP contribution in [0.1, 0.15) is 58.8 Å². The van der Waals surface area contributed by atoms with Crippen molar-refractivity contribution in [1.82, 2.24) is 10.6 Å². The molecule has 4 heteroatoms. The lowest BCUT2D eigenvalue weighted by atomic mass is 9.81. The zero-order chi connectivity index (χ0) is 15.3. The maximum atomic E-state index is 5.34. The Hall–Kier alpha value is -0.770. The first-order valence-electron chi connectivity index (χ1n) is 8.82. The normalized spacial score (nSPS) is 23.1. The second-order valence-electron chi connectivity index (χ2n) is 6.08. The molecule has 0 spiro atoms. The van der Waals surface area contributed by atoms with Crippen LogP contribution in [-0.2, 0) is 4.74 Å². The van der Waals surface area contributed by atoms with Crippen LogP contribution >= 0.6 is 0 Å². The van der Waals surface area contributed by atoms with Crippen molar-refractivity contribution in [2.24, 2.45) is 16.8 Å². The van der Waals surface area contributed by atoms with E-state index in [4.69, 9.17) is 4.74 Å². The maximum Gasteiger partial charge on any atom is 0.190 e. The monoisotopic (exact) mass is 297 g/mol. The number of aliphatic imine (C=N–C) groups is 1. The van der Waals surface area contributed by atoms with Gasteiger partial charge in [0, 0.05) is 33.4 Å². The summed E-state index contributed by atoms with van der Waals surface area (Å²) in [6.07, 6.45) is 9.15. The minimum atomic E-state index is 0.816. The molecule has 0 unspecified atom stereocenters. The molecule has 0 amide bonds. The first kappa shape index (κ1) is 18.3. The minimum absolute atomic E-state index is 0.816. The number of hydrogen-bond donors (Lipinski definition) is 2. The molecule has 0 saturated heterocycles. The predicted octanol–water partition coefficient (Wildman–Crippen LogP) is 3.18.